The Labute approximate surface area is 205 Å². The summed E-state index contributed by atoms with van der Waals surface area (Å²) in [5.74, 6) is 1.23. The molecule has 0 aromatic heterocycles. The van der Waals surface area contributed by atoms with E-state index in [0.29, 0.717) is 12.6 Å². The highest BCUT2D eigenvalue weighted by Crippen LogP contribution is 2.26. The predicted molar refractivity (Wildman–Crippen MR) is 140 cm³/mol. The minimum atomic E-state index is 0. The fourth-order valence-electron chi connectivity index (χ4n) is 4.48. The first-order valence-electron chi connectivity index (χ1n) is 11.8. The number of hydrogen-bond donors (Lipinski definition) is 3. The number of rotatable bonds is 8. The molecule has 1 saturated heterocycles. The molecule has 3 N–H and O–H groups in total. The minimum absolute atomic E-state index is 0. The molecule has 0 unspecified atom stereocenters. The third-order valence-corrected chi connectivity index (χ3v) is 6.15. The van der Waals surface area contributed by atoms with E-state index in [9.17, 15) is 4.79 Å². The summed E-state index contributed by atoms with van der Waals surface area (Å²) in [4.78, 5) is 19.7. The number of nitrogens with zero attached hydrogens (tertiary/aromatic N) is 2. The second-order valence-corrected chi connectivity index (χ2v) is 8.63. The fraction of sp³-hybridized carbons (Fsp3) is 0.667. The third-order valence-electron chi connectivity index (χ3n) is 6.15. The van der Waals surface area contributed by atoms with Crippen LogP contribution in [0.15, 0.2) is 29.3 Å². The molecule has 1 aromatic carbocycles. The van der Waals surface area contributed by atoms with Crippen molar-refractivity contribution < 1.29 is 4.79 Å². The smallest absolute Gasteiger partial charge is 0.227 e. The summed E-state index contributed by atoms with van der Waals surface area (Å²) in [6.45, 7) is 9.31. The molecule has 0 radical (unpaired) electrons. The topological polar surface area (TPSA) is 68.8 Å². The zero-order valence-electron chi connectivity index (χ0n) is 19.2. The molecule has 1 aromatic rings. The lowest BCUT2D eigenvalue weighted by Gasteiger charge is -2.32. The average molecular weight is 542 g/mol. The number of piperidine rings is 1. The van der Waals surface area contributed by atoms with E-state index >= 15 is 0 Å². The van der Waals surface area contributed by atoms with Gasteiger partial charge in [-0.1, -0.05) is 31.9 Å². The number of likely N-dealkylation sites (tertiary alicyclic amines) is 1. The zero-order chi connectivity index (χ0) is 21.2. The largest absolute Gasteiger partial charge is 0.357 e. The third kappa shape index (κ3) is 8.60. The van der Waals surface area contributed by atoms with Crippen molar-refractivity contribution in [2.24, 2.45) is 10.9 Å². The maximum absolute atomic E-state index is 12.4. The Bertz CT molecular complexity index is 697. The molecule has 0 atom stereocenters. The van der Waals surface area contributed by atoms with E-state index < -0.39 is 0 Å². The summed E-state index contributed by atoms with van der Waals surface area (Å²) in [7, 11) is 0. The average Bonchev–Trinajstić information content (AvgIpc) is 3.29. The molecule has 0 spiro atoms. The zero-order valence-corrected chi connectivity index (χ0v) is 21.5. The van der Waals surface area contributed by atoms with Gasteiger partial charge >= 0.3 is 0 Å². The standard InChI is InChI=1S/C24H39N5O.HI/c1-3-14-29-15-12-21(13-16-29)28-24(25-4-2)26-18-19-8-7-11-22(17-19)27-23(30)20-9-5-6-10-20;/h7-8,11,17,20-21H,3-6,9-10,12-16,18H2,1-2H3,(H,27,30)(H2,25,26,28);1H. The summed E-state index contributed by atoms with van der Waals surface area (Å²) >= 11 is 0. The monoisotopic (exact) mass is 541 g/mol. The molecule has 1 heterocycles. The van der Waals surface area contributed by atoms with Gasteiger partial charge in [0.25, 0.3) is 0 Å². The van der Waals surface area contributed by atoms with Crippen LogP contribution >= 0.6 is 24.0 Å². The van der Waals surface area contributed by atoms with E-state index in [0.717, 1.165) is 62.5 Å². The van der Waals surface area contributed by atoms with Crippen LogP contribution in [0, 0.1) is 5.92 Å². The van der Waals surface area contributed by atoms with Crippen molar-refractivity contribution in [3.8, 4) is 0 Å². The lowest BCUT2D eigenvalue weighted by molar-refractivity contribution is -0.119. The summed E-state index contributed by atoms with van der Waals surface area (Å²) in [5, 5.41) is 10.1. The predicted octanol–water partition coefficient (Wildman–Crippen LogP) is 4.36. The van der Waals surface area contributed by atoms with Gasteiger partial charge < -0.3 is 20.9 Å². The second-order valence-electron chi connectivity index (χ2n) is 8.63. The van der Waals surface area contributed by atoms with Gasteiger partial charge in [0.2, 0.25) is 5.91 Å². The van der Waals surface area contributed by atoms with Gasteiger partial charge in [-0.05, 0) is 63.3 Å². The summed E-state index contributed by atoms with van der Waals surface area (Å²) < 4.78 is 0. The first-order chi connectivity index (χ1) is 14.7. The van der Waals surface area contributed by atoms with Crippen molar-refractivity contribution in [1.82, 2.24) is 15.5 Å². The van der Waals surface area contributed by atoms with Crippen LogP contribution in [0.3, 0.4) is 0 Å². The van der Waals surface area contributed by atoms with E-state index in [1.54, 1.807) is 0 Å². The molecule has 3 rings (SSSR count). The highest BCUT2D eigenvalue weighted by molar-refractivity contribution is 14.0. The lowest BCUT2D eigenvalue weighted by atomic mass is 10.1. The number of halogens is 1. The van der Waals surface area contributed by atoms with E-state index in [1.165, 1.54) is 25.8 Å². The number of guanidine groups is 1. The molecule has 2 fully saturated rings. The van der Waals surface area contributed by atoms with Crippen LogP contribution in [0.25, 0.3) is 0 Å². The number of amides is 1. The first-order valence-corrected chi connectivity index (χ1v) is 11.8. The number of benzene rings is 1. The highest BCUT2D eigenvalue weighted by atomic mass is 127. The maximum atomic E-state index is 12.4. The molecule has 0 bridgehead atoms. The van der Waals surface area contributed by atoms with Crippen molar-refractivity contribution in [3.05, 3.63) is 29.8 Å². The fourth-order valence-corrected chi connectivity index (χ4v) is 4.48. The molecule has 1 aliphatic carbocycles. The van der Waals surface area contributed by atoms with Crippen LogP contribution in [0.5, 0.6) is 0 Å². The molecule has 1 aliphatic heterocycles. The van der Waals surface area contributed by atoms with Crippen molar-refractivity contribution >= 4 is 41.5 Å². The molecule has 31 heavy (non-hydrogen) atoms. The highest BCUT2D eigenvalue weighted by Gasteiger charge is 2.22. The van der Waals surface area contributed by atoms with Crippen LogP contribution < -0.4 is 16.0 Å². The first kappa shape index (κ1) is 25.9. The van der Waals surface area contributed by atoms with Gasteiger partial charge in [0, 0.05) is 37.3 Å². The number of aliphatic imine (C=N–C) groups is 1. The number of nitrogens with one attached hydrogen (secondary N) is 3. The van der Waals surface area contributed by atoms with Crippen LogP contribution in [0.2, 0.25) is 0 Å². The van der Waals surface area contributed by atoms with Crippen LogP contribution in [-0.2, 0) is 11.3 Å². The maximum Gasteiger partial charge on any atom is 0.227 e. The Balaban J connectivity index is 0.00000341. The Morgan fingerprint density at radius 1 is 1.13 bits per heavy atom. The molecular formula is C24H40IN5O. The van der Waals surface area contributed by atoms with Crippen LogP contribution in [0.1, 0.15) is 64.4 Å². The molecule has 7 heteroatoms. The molecule has 1 saturated carbocycles. The molecule has 174 valence electrons. The van der Waals surface area contributed by atoms with Crippen LogP contribution in [0.4, 0.5) is 5.69 Å². The van der Waals surface area contributed by atoms with E-state index in [-0.39, 0.29) is 35.8 Å². The van der Waals surface area contributed by atoms with E-state index in [4.69, 9.17) is 4.99 Å². The summed E-state index contributed by atoms with van der Waals surface area (Å²) in [5.41, 5.74) is 1.98. The second kappa shape index (κ2) is 13.9. The van der Waals surface area contributed by atoms with Crippen molar-refractivity contribution in [2.45, 2.75) is 71.4 Å². The van der Waals surface area contributed by atoms with Gasteiger partial charge in [0.1, 0.15) is 0 Å². The van der Waals surface area contributed by atoms with E-state index in [1.807, 2.05) is 18.2 Å². The van der Waals surface area contributed by atoms with Gasteiger partial charge in [-0.15, -0.1) is 24.0 Å². The van der Waals surface area contributed by atoms with Gasteiger partial charge in [-0.3, -0.25) is 4.79 Å². The Morgan fingerprint density at radius 3 is 2.55 bits per heavy atom. The van der Waals surface area contributed by atoms with Gasteiger partial charge in [-0.25, -0.2) is 4.99 Å². The summed E-state index contributed by atoms with van der Waals surface area (Å²) in [6, 6.07) is 8.56. The molecular weight excluding hydrogens is 501 g/mol. The van der Waals surface area contributed by atoms with E-state index in [2.05, 4.69) is 40.8 Å². The normalized spacial score (nSPS) is 18.5. The van der Waals surface area contributed by atoms with Gasteiger partial charge in [0.15, 0.2) is 5.96 Å². The van der Waals surface area contributed by atoms with Gasteiger partial charge in [-0.2, -0.15) is 0 Å². The lowest BCUT2D eigenvalue weighted by Crippen LogP contribution is -2.48. The van der Waals surface area contributed by atoms with Crippen molar-refractivity contribution in [3.63, 3.8) is 0 Å². The molecule has 2 aliphatic rings. The number of carbonyl (C=O) groups is 1. The number of hydrogen-bond acceptors (Lipinski definition) is 3. The quantitative estimate of drug-likeness (QED) is 0.260. The van der Waals surface area contributed by atoms with Crippen molar-refractivity contribution in [1.29, 1.82) is 0 Å². The Kier molecular flexibility index (Phi) is 11.6. The molecule has 6 nitrogen and oxygen atoms in total. The van der Waals surface area contributed by atoms with Crippen molar-refractivity contribution in [2.75, 3.05) is 31.5 Å². The summed E-state index contributed by atoms with van der Waals surface area (Å²) in [6.07, 6.45) is 7.92. The number of anilines is 1. The Hall–Kier alpha value is -1.35. The number of carbonyl (C=O) groups excluding carboxylic acids is 1. The van der Waals surface area contributed by atoms with Crippen LogP contribution in [-0.4, -0.2) is 49.0 Å². The molecule has 1 amide bonds. The minimum Gasteiger partial charge on any atom is -0.357 e. The Morgan fingerprint density at radius 2 is 1.87 bits per heavy atom. The SMILES string of the molecule is CCCN1CCC(NC(=NCc2cccc(NC(=O)C3CCCC3)c2)NCC)CC1.I. The van der Waals surface area contributed by atoms with Gasteiger partial charge in [0.05, 0.1) is 6.54 Å².